The number of hydrogen-bond donors (Lipinski definition) is 1. The third-order valence-corrected chi connectivity index (χ3v) is 3.45. The summed E-state index contributed by atoms with van der Waals surface area (Å²) in [4.78, 5) is 0. The molecule has 2 unspecified atom stereocenters. The first-order chi connectivity index (χ1) is 9.12. The summed E-state index contributed by atoms with van der Waals surface area (Å²) in [5.41, 5.74) is 1.10. The van der Waals surface area contributed by atoms with Gasteiger partial charge in [0.25, 0.3) is 0 Å². The average molecular weight is 267 g/mol. The van der Waals surface area contributed by atoms with Crippen LogP contribution < -0.4 is 10.1 Å². The molecule has 0 radical (unpaired) electrons. The van der Waals surface area contributed by atoms with Gasteiger partial charge in [-0.3, -0.25) is 0 Å². The highest BCUT2D eigenvalue weighted by atomic mass is 19.1. The van der Waals surface area contributed by atoms with Crippen molar-refractivity contribution in [3.8, 4) is 5.75 Å². The van der Waals surface area contributed by atoms with Gasteiger partial charge in [-0.2, -0.15) is 0 Å². The van der Waals surface area contributed by atoms with E-state index >= 15 is 0 Å². The molecule has 0 bridgehead atoms. The van der Waals surface area contributed by atoms with Crippen LogP contribution in [0.4, 0.5) is 4.39 Å². The van der Waals surface area contributed by atoms with Gasteiger partial charge in [0.05, 0.1) is 7.11 Å². The van der Waals surface area contributed by atoms with Gasteiger partial charge in [-0.15, -0.1) is 0 Å². The van der Waals surface area contributed by atoms with Crippen LogP contribution in [-0.4, -0.2) is 13.7 Å². The number of methoxy groups -OCH3 is 1. The summed E-state index contributed by atoms with van der Waals surface area (Å²) >= 11 is 0. The van der Waals surface area contributed by atoms with Crippen molar-refractivity contribution in [1.82, 2.24) is 5.32 Å². The summed E-state index contributed by atoms with van der Waals surface area (Å²) in [6.45, 7) is 7.48. The van der Waals surface area contributed by atoms with E-state index in [1.807, 2.05) is 6.07 Å². The molecule has 1 aromatic carbocycles. The molecule has 1 N–H and O–H groups in total. The molecular formula is C16H26FNO. The lowest BCUT2D eigenvalue weighted by Crippen LogP contribution is -2.23. The summed E-state index contributed by atoms with van der Waals surface area (Å²) in [5, 5.41) is 3.48. The molecule has 0 aliphatic heterocycles. The molecular weight excluding hydrogens is 241 g/mol. The van der Waals surface area contributed by atoms with Gasteiger partial charge in [0.2, 0.25) is 0 Å². The van der Waals surface area contributed by atoms with Crippen LogP contribution in [0.5, 0.6) is 5.75 Å². The number of rotatable bonds is 8. The van der Waals surface area contributed by atoms with Gasteiger partial charge >= 0.3 is 0 Å². The van der Waals surface area contributed by atoms with Crippen LogP contribution in [0, 0.1) is 11.7 Å². The molecule has 2 nitrogen and oxygen atoms in total. The van der Waals surface area contributed by atoms with Crippen LogP contribution in [-0.2, 0) is 0 Å². The molecule has 19 heavy (non-hydrogen) atoms. The second-order valence-corrected chi connectivity index (χ2v) is 5.13. The van der Waals surface area contributed by atoms with Gasteiger partial charge in [-0.25, -0.2) is 4.39 Å². The van der Waals surface area contributed by atoms with Crippen LogP contribution >= 0.6 is 0 Å². The second-order valence-electron chi connectivity index (χ2n) is 5.13. The summed E-state index contributed by atoms with van der Waals surface area (Å²) in [6.07, 6.45) is 3.49. The van der Waals surface area contributed by atoms with Crippen molar-refractivity contribution in [1.29, 1.82) is 0 Å². The zero-order chi connectivity index (χ0) is 14.3. The predicted octanol–water partition coefficient (Wildman–Crippen LogP) is 4.31. The number of halogens is 1. The highest BCUT2D eigenvalue weighted by Gasteiger charge is 2.16. The quantitative estimate of drug-likeness (QED) is 0.757. The molecule has 0 saturated carbocycles. The van der Waals surface area contributed by atoms with Crippen molar-refractivity contribution in [2.75, 3.05) is 13.7 Å². The van der Waals surface area contributed by atoms with E-state index in [0.717, 1.165) is 18.5 Å². The Morgan fingerprint density at radius 1 is 1.32 bits per heavy atom. The summed E-state index contributed by atoms with van der Waals surface area (Å²) in [7, 11) is 1.50. The Kier molecular flexibility index (Phi) is 6.85. The Bertz CT molecular complexity index is 381. The fraction of sp³-hybridized carbons (Fsp3) is 0.625. The van der Waals surface area contributed by atoms with E-state index in [9.17, 15) is 4.39 Å². The van der Waals surface area contributed by atoms with Gasteiger partial charge in [0, 0.05) is 6.04 Å². The monoisotopic (exact) mass is 267 g/mol. The number of benzene rings is 1. The molecule has 0 fully saturated rings. The van der Waals surface area contributed by atoms with Crippen molar-refractivity contribution in [2.45, 2.75) is 46.1 Å². The van der Waals surface area contributed by atoms with E-state index < -0.39 is 0 Å². The van der Waals surface area contributed by atoms with Crippen molar-refractivity contribution in [2.24, 2.45) is 5.92 Å². The van der Waals surface area contributed by atoms with Crippen molar-refractivity contribution < 1.29 is 9.13 Å². The van der Waals surface area contributed by atoms with Crippen LogP contribution in [0.1, 0.15) is 51.6 Å². The molecule has 0 amide bonds. The SMILES string of the molecule is CCCC(C)CC(NCC)c1ccc(F)c(OC)c1. The average Bonchev–Trinajstić information content (AvgIpc) is 2.39. The molecule has 0 spiro atoms. The van der Waals surface area contributed by atoms with Crippen molar-refractivity contribution in [3.63, 3.8) is 0 Å². The van der Waals surface area contributed by atoms with Crippen molar-refractivity contribution in [3.05, 3.63) is 29.6 Å². The van der Waals surface area contributed by atoms with E-state index in [0.29, 0.717) is 11.7 Å². The Morgan fingerprint density at radius 3 is 2.63 bits per heavy atom. The standard InChI is InChI=1S/C16H26FNO/c1-5-7-12(3)10-15(18-6-2)13-8-9-14(17)16(11-13)19-4/h8-9,11-12,15,18H,5-7,10H2,1-4H3. The topological polar surface area (TPSA) is 21.3 Å². The van der Waals surface area contributed by atoms with E-state index in [1.165, 1.54) is 26.0 Å². The highest BCUT2D eigenvalue weighted by molar-refractivity contribution is 5.32. The maximum absolute atomic E-state index is 13.5. The predicted molar refractivity (Wildman–Crippen MR) is 78.1 cm³/mol. The Labute approximate surface area is 116 Å². The maximum Gasteiger partial charge on any atom is 0.165 e. The molecule has 2 atom stereocenters. The number of ether oxygens (including phenoxy) is 1. The van der Waals surface area contributed by atoms with Gasteiger partial charge in [-0.1, -0.05) is 39.7 Å². The summed E-state index contributed by atoms with van der Waals surface area (Å²) in [6, 6.07) is 5.41. The molecule has 108 valence electrons. The van der Waals surface area contributed by atoms with E-state index in [1.54, 1.807) is 6.07 Å². The smallest absolute Gasteiger partial charge is 0.165 e. The second kappa shape index (κ2) is 8.16. The van der Waals surface area contributed by atoms with E-state index in [2.05, 4.69) is 26.1 Å². The van der Waals surface area contributed by atoms with Gasteiger partial charge in [0.1, 0.15) is 0 Å². The van der Waals surface area contributed by atoms with E-state index in [-0.39, 0.29) is 11.9 Å². The van der Waals surface area contributed by atoms with Crippen molar-refractivity contribution >= 4 is 0 Å². The normalized spacial score (nSPS) is 14.2. The van der Waals surface area contributed by atoms with Crippen LogP contribution in [0.2, 0.25) is 0 Å². The first kappa shape index (κ1) is 16.0. The summed E-state index contributed by atoms with van der Waals surface area (Å²) in [5.74, 6) is 0.678. The zero-order valence-electron chi connectivity index (χ0n) is 12.5. The minimum absolute atomic E-state index is 0.265. The molecule has 0 aliphatic carbocycles. The lowest BCUT2D eigenvalue weighted by molar-refractivity contribution is 0.377. The Morgan fingerprint density at radius 2 is 2.05 bits per heavy atom. The fourth-order valence-corrected chi connectivity index (χ4v) is 2.49. The van der Waals surface area contributed by atoms with E-state index in [4.69, 9.17) is 4.74 Å². The highest BCUT2D eigenvalue weighted by Crippen LogP contribution is 2.27. The van der Waals surface area contributed by atoms with Crippen LogP contribution in [0.15, 0.2) is 18.2 Å². The molecule has 0 aliphatic rings. The minimum atomic E-state index is -0.303. The van der Waals surface area contributed by atoms with Gasteiger partial charge < -0.3 is 10.1 Å². The molecule has 0 aromatic heterocycles. The first-order valence-electron chi connectivity index (χ1n) is 7.19. The van der Waals surface area contributed by atoms with Crippen LogP contribution in [0.3, 0.4) is 0 Å². The minimum Gasteiger partial charge on any atom is -0.494 e. The molecule has 1 aromatic rings. The lowest BCUT2D eigenvalue weighted by Gasteiger charge is -2.22. The Hall–Kier alpha value is -1.09. The molecule has 1 rings (SSSR count). The van der Waals surface area contributed by atoms with Gasteiger partial charge in [0.15, 0.2) is 11.6 Å². The Balaban J connectivity index is 2.85. The molecule has 0 saturated heterocycles. The van der Waals surface area contributed by atoms with Gasteiger partial charge in [-0.05, 0) is 36.6 Å². The molecule has 3 heteroatoms. The number of hydrogen-bond acceptors (Lipinski definition) is 2. The largest absolute Gasteiger partial charge is 0.494 e. The lowest BCUT2D eigenvalue weighted by atomic mass is 9.93. The summed E-state index contributed by atoms with van der Waals surface area (Å²) < 4.78 is 18.5. The fourth-order valence-electron chi connectivity index (χ4n) is 2.49. The van der Waals surface area contributed by atoms with Crippen LogP contribution in [0.25, 0.3) is 0 Å². The third-order valence-electron chi connectivity index (χ3n) is 3.45. The third kappa shape index (κ3) is 4.83. The maximum atomic E-state index is 13.5. The zero-order valence-corrected chi connectivity index (χ0v) is 12.5. The number of nitrogens with one attached hydrogen (secondary N) is 1. The first-order valence-corrected chi connectivity index (χ1v) is 7.19. The molecule has 0 heterocycles.